The van der Waals surface area contributed by atoms with Gasteiger partial charge in [-0.3, -0.25) is 4.79 Å². The van der Waals surface area contributed by atoms with Gasteiger partial charge in [0.2, 0.25) is 0 Å². The first-order chi connectivity index (χ1) is 10.5. The Kier molecular flexibility index (Phi) is 5.22. The zero-order valence-corrected chi connectivity index (χ0v) is 12.6. The number of nitrogens with one attached hydrogen (secondary N) is 1. The Morgan fingerprint density at radius 1 is 1.05 bits per heavy atom. The molecule has 0 aliphatic heterocycles. The normalized spacial score (nSPS) is 10.8. The first-order valence-corrected chi connectivity index (χ1v) is 6.91. The molecule has 0 aliphatic rings. The first-order valence-electron chi connectivity index (χ1n) is 6.91. The molecule has 0 radical (unpaired) electrons. The molecule has 1 N–H and O–H groups in total. The predicted octanol–water partition coefficient (Wildman–Crippen LogP) is 2.96. The van der Waals surface area contributed by atoms with Crippen molar-refractivity contribution in [1.82, 2.24) is 10.2 Å². The third kappa shape index (κ3) is 4.36. The number of hydrogen-bond acceptors (Lipinski definition) is 2. The lowest BCUT2D eigenvalue weighted by atomic mass is 10.1. The zero-order valence-electron chi connectivity index (χ0n) is 12.6. The van der Waals surface area contributed by atoms with E-state index in [0.717, 1.165) is 35.9 Å². The summed E-state index contributed by atoms with van der Waals surface area (Å²) in [5.41, 5.74) is 2.04. The van der Waals surface area contributed by atoms with Crippen molar-refractivity contribution >= 4 is 5.91 Å². The van der Waals surface area contributed by atoms with Crippen molar-refractivity contribution in [3.05, 3.63) is 70.8 Å². The molecule has 1 amide bonds. The topological polar surface area (TPSA) is 32.3 Å². The molecule has 5 heteroatoms. The lowest BCUT2D eigenvalue weighted by Gasteiger charge is -2.14. The van der Waals surface area contributed by atoms with Crippen LogP contribution in [0.2, 0.25) is 0 Å². The molecule has 0 atom stereocenters. The van der Waals surface area contributed by atoms with Crippen LogP contribution in [-0.2, 0) is 13.1 Å². The van der Waals surface area contributed by atoms with Crippen molar-refractivity contribution in [3.8, 4) is 0 Å². The summed E-state index contributed by atoms with van der Waals surface area (Å²) in [5, 5.41) is 2.69. The van der Waals surface area contributed by atoms with Gasteiger partial charge in [0, 0.05) is 24.7 Å². The van der Waals surface area contributed by atoms with E-state index < -0.39 is 17.5 Å². The Balaban J connectivity index is 2.08. The summed E-state index contributed by atoms with van der Waals surface area (Å²) in [7, 11) is 3.93. The average molecular weight is 304 g/mol. The molecule has 116 valence electrons. The van der Waals surface area contributed by atoms with E-state index in [1.807, 2.05) is 43.3 Å². The molecule has 2 aromatic carbocycles. The van der Waals surface area contributed by atoms with Gasteiger partial charge in [0.05, 0.1) is 0 Å². The minimum absolute atomic E-state index is 0.0254. The molecule has 0 bridgehead atoms. The SMILES string of the molecule is CN(C)Cc1ccccc1CNC(=O)c1cc(F)cc(F)c1. The van der Waals surface area contributed by atoms with Crippen LogP contribution in [0, 0.1) is 11.6 Å². The molecule has 0 heterocycles. The molecule has 0 spiro atoms. The van der Waals surface area contributed by atoms with Gasteiger partial charge in [-0.25, -0.2) is 8.78 Å². The predicted molar refractivity (Wildman–Crippen MR) is 81.4 cm³/mol. The summed E-state index contributed by atoms with van der Waals surface area (Å²) < 4.78 is 26.3. The fraction of sp³-hybridized carbons (Fsp3) is 0.235. The van der Waals surface area contributed by atoms with E-state index in [4.69, 9.17) is 0 Å². The number of benzene rings is 2. The fourth-order valence-electron chi connectivity index (χ4n) is 2.19. The van der Waals surface area contributed by atoms with Crippen LogP contribution < -0.4 is 5.32 Å². The minimum atomic E-state index is -0.766. The second kappa shape index (κ2) is 7.13. The van der Waals surface area contributed by atoms with Crippen molar-refractivity contribution in [2.75, 3.05) is 14.1 Å². The number of carbonyl (C=O) groups excluding carboxylic acids is 1. The summed E-state index contributed by atoms with van der Waals surface area (Å²) in [5.74, 6) is -2.03. The monoisotopic (exact) mass is 304 g/mol. The third-order valence-corrected chi connectivity index (χ3v) is 3.17. The number of amides is 1. The van der Waals surface area contributed by atoms with Crippen LogP contribution in [0.1, 0.15) is 21.5 Å². The molecule has 0 aliphatic carbocycles. The van der Waals surface area contributed by atoms with Crippen LogP contribution >= 0.6 is 0 Å². The van der Waals surface area contributed by atoms with E-state index in [-0.39, 0.29) is 5.56 Å². The molecule has 2 aromatic rings. The lowest BCUT2D eigenvalue weighted by molar-refractivity contribution is 0.0950. The highest BCUT2D eigenvalue weighted by molar-refractivity contribution is 5.94. The fourth-order valence-corrected chi connectivity index (χ4v) is 2.19. The van der Waals surface area contributed by atoms with Gasteiger partial charge >= 0.3 is 0 Å². The van der Waals surface area contributed by atoms with Gasteiger partial charge in [-0.2, -0.15) is 0 Å². The van der Waals surface area contributed by atoms with Crippen molar-refractivity contribution < 1.29 is 13.6 Å². The van der Waals surface area contributed by atoms with Gasteiger partial charge in [-0.05, 0) is 37.4 Å². The van der Waals surface area contributed by atoms with Crippen molar-refractivity contribution in [3.63, 3.8) is 0 Å². The molecule has 0 fully saturated rings. The third-order valence-electron chi connectivity index (χ3n) is 3.17. The zero-order chi connectivity index (χ0) is 16.1. The molecule has 22 heavy (non-hydrogen) atoms. The Hall–Kier alpha value is -2.27. The van der Waals surface area contributed by atoms with E-state index >= 15 is 0 Å². The number of nitrogens with zero attached hydrogens (tertiary/aromatic N) is 1. The van der Waals surface area contributed by atoms with Crippen LogP contribution in [0.5, 0.6) is 0 Å². The summed E-state index contributed by atoms with van der Waals surface area (Å²) in [4.78, 5) is 14.0. The number of rotatable bonds is 5. The molecule has 3 nitrogen and oxygen atoms in total. The maximum atomic E-state index is 13.1. The smallest absolute Gasteiger partial charge is 0.251 e. The van der Waals surface area contributed by atoms with Crippen LogP contribution in [0.3, 0.4) is 0 Å². The van der Waals surface area contributed by atoms with Crippen LogP contribution in [-0.4, -0.2) is 24.9 Å². The van der Waals surface area contributed by atoms with Crippen LogP contribution in [0.4, 0.5) is 8.78 Å². The first kappa shape index (κ1) is 16.1. The van der Waals surface area contributed by atoms with Crippen LogP contribution in [0.25, 0.3) is 0 Å². The second-order valence-electron chi connectivity index (χ2n) is 5.35. The minimum Gasteiger partial charge on any atom is -0.348 e. The standard InChI is InChI=1S/C17H18F2N2O/c1-21(2)11-13-6-4-3-5-12(13)10-20-17(22)14-7-15(18)9-16(19)8-14/h3-9H,10-11H2,1-2H3,(H,20,22). The quantitative estimate of drug-likeness (QED) is 0.921. The summed E-state index contributed by atoms with van der Waals surface area (Å²) >= 11 is 0. The molecule has 2 rings (SSSR count). The van der Waals surface area contributed by atoms with Crippen molar-refractivity contribution in [2.45, 2.75) is 13.1 Å². The van der Waals surface area contributed by atoms with Gasteiger partial charge in [-0.1, -0.05) is 24.3 Å². The molecule has 0 saturated carbocycles. The Morgan fingerprint density at radius 3 is 2.23 bits per heavy atom. The highest BCUT2D eigenvalue weighted by Gasteiger charge is 2.10. The highest BCUT2D eigenvalue weighted by atomic mass is 19.1. The Morgan fingerprint density at radius 2 is 1.64 bits per heavy atom. The largest absolute Gasteiger partial charge is 0.348 e. The maximum absolute atomic E-state index is 13.1. The number of carbonyl (C=O) groups is 1. The summed E-state index contributed by atoms with van der Waals surface area (Å²) in [6, 6.07) is 10.5. The van der Waals surface area contributed by atoms with E-state index in [2.05, 4.69) is 5.32 Å². The van der Waals surface area contributed by atoms with E-state index in [0.29, 0.717) is 6.54 Å². The van der Waals surface area contributed by atoms with Gasteiger partial charge in [0.25, 0.3) is 5.91 Å². The maximum Gasteiger partial charge on any atom is 0.251 e. The number of hydrogen-bond donors (Lipinski definition) is 1. The Bertz CT molecular complexity index is 651. The lowest BCUT2D eigenvalue weighted by Crippen LogP contribution is -2.24. The van der Waals surface area contributed by atoms with Crippen LogP contribution in [0.15, 0.2) is 42.5 Å². The number of halogens is 2. The molecule has 0 aromatic heterocycles. The van der Waals surface area contributed by atoms with Gasteiger partial charge < -0.3 is 10.2 Å². The molecular weight excluding hydrogens is 286 g/mol. The average Bonchev–Trinajstić information content (AvgIpc) is 2.44. The Labute approximate surface area is 128 Å². The van der Waals surface area contributed by atoms with Crippen molar-refractivity contribution in [1.29, 1.82) is 0 Å². The van der Waals surface area contributed by atoms with Crippen molar-refractivity contribution in [2.24, 2.45) is 0 Å². The molecular formula is C17H18F2N2O. The second-order valence-corrected chi connectivity index (χ2v) is 5.35. The van der Waals surface area contributed by atoms with E-state index in [9.17, 15) is 13.6 Å². The molecule has 0 unspecified atom stereocenters. The highest BCUT2D eigenvalue weighted by Crippen LogP contribution is 2.12. The van der Waals surface area contributed by atoms with E-state index in [1.54, 1.807) is 0 Å². The molecule has 0 saturated heterocycles. The van der Waals surface area contributed by atoms with Gasteiger partial charge in [-0.15, -0.1) is 0 Å². The summed E-state index contributed by atoms with van der Waals surface area (Å²) in [6.07, 6.45) is 0. The van der Waals surface area contributed by atoms with Gasteiger partial charge in [0.15, 0.2) is 0 Å². The van der Waals surface area contributed by atoms with Gasteiger partial charge in [0.1, 0.15) is 11.6 Å². The van der Waals surface area contributed by atoms with E-state index in [1.165, 1.54) is 0 Å². The summed E-state index contributed by atoms with van der Waals surface area (Å²) in [6.45, 7) is 1.06.